The van der Waals surface area contributed by atoms with Crippen molar-refractivity contribution in [1.29, 1.82) is 0 Å². The molecule has 1 aliphatic heterocycles. The maximum absolute atomic E-state index is 7.68. The molecule has 0 spiro atoms. The molecule has 44 heavy (non-hydrogen) atoms. The zero-order valence-electron chi connectivity index (χ0n) is 30.9. The zero-order chi connectivity index (χ0) is 33.3. The van der Waals surface area contributed by atoms with Crippen LogP contribution in [-0.4, -0.2) is 83.6 Å². The van der Waals surface area contributed by atoms with E-state index in [0.29, 0.717) is 26.4 Å². The maximum Gasteiger partial charge on any atom is 0.350 e. The van der Waals surface area contributed by atoms with Crippen molar-refractivity contribution in [2.45, 2.75) is 182 Å². The molecule has 0 aromatic rings. The molecule has 12 heteroatoms. The third kappa shape index (κ3) is 11.3. The van der Waals surface area contributed by atoms with Crippen molar-refractivity contribution in [3.8, 4) is 0 Å². The van der Waals surface area contributed by atoms with Gasteiger partial charge < -0.3 is 35.4 Å². The standard InChI is InChI=1S/C32H72O8Si4/c1-13-21-25-33-29(9)41(17-5)37-42(18-6,30(10)34-26-22-14-2)39-44(20-8,32(12)36-28-24-16-4)40-43(19-7,38-41)31(11)35-27-23-15-3/h29-32H,13-28H2,1-12H3. The van der Waals surface area contributed by atoms with Gasteiger partial charge in [-0.3, -0.25) is 0 Å². The van der Waals surface area contributed by atoms with Gasteiger partial charge in [0.2, 0.25) is 0 Å². The maximum atomic E-state index is 7.68. The van der Waals surface area contributed by atoms with Gasteiger partial charge in [-0.2, -0.15) is 0 Å². The molecular formula is C32H72O8Si4. The van der Waals surface area contributed by atoms with E-state index in [1.807, 2.05) is 0 Å². The van der Waals surface area contributed by atoms with E-state index < -0.39 is 34.2 Å². The second kappa shape index (κ2) is 21.5. The van der Waals surface area contributed by atoms with Gasteiger partial charge in [-0.25, -0.2) is 0 Å². The zero-order valence-corrected chi connectivity index (χ0v) is 34.9. The highest BCUT2D eigenvalue weighted by molar-refractivity contribution is 6.96. The van der Waals surface area contributed by atoms with Crippen molar-refractivity contribution in [3.63, 3.8) is 0 Å². The molecule has 0 amide bonds. The van der Waals surface area contributed by atoms with E-state index in [9.17, 15) is 0 Å². The third-order valence-electron chi connectivity index (χ3n) is 9.29. The Morgan fingerprint density at radius 2 is 0.545 bits per heavy atom. The Kier molecular flexibility index (Phi) is 20.8. The highest BCUT2D eigenvalue weighted by Crippen LogP contribution is 2.43. The van der Waals surface area contributed by atoms with Gasteiger partial charge in [0.05, 0.1) is 22.9 Å². The quantitative estimate of drug-likeness (QED) is 0.0732. The summed E-state index contributed by atoms with van der Waals surface area (Å²) in [7, 11) is -12.4. The van der Waals surface area contributed by atoms with Crippen LogP contribution in [-0.2, 0) is 35.4 Å². The van der Waals surface area contributed by atoms with E-state index in [1.54, 1.807) is 0 Å². The number of hydrogen-bond donors (Lipinski definition) is 0. The summed E-state index contributed by atoms with van der Waals surface area (Å²) in [5.74, 6) is 0. The van der Waals surface area contributed by atoms with Gasteiger partial charge in [-0.15, -0.1) is 0 Å². The van der Waals surface area contributed by atoms with Crippen LogP contribution in [0.25, 0.3) is 0 Å². The molecule has 4 atom stereocenters. The van der Waals surface area contributed by atoms with E-state index in [4.69, 9.17) is 35.4 Å². The predicted molar refractivity (Wildman–Crippen MR) is 191 cm³/mol. The average Bonchev–Trinajstić information content (AvgIpc) is 3.02. The first-order chi connectivity index (χ1) is 21.0. The van der Waals surface area contributed by atoms with Crippen molar-refractivity contribution in [2.24, 2.45) is 0 Å². The minimum Gasteiger partial charge on any atom is -0.412 e. The van der Waals surface area contributed by atoms with Gasteiger partial charge in [-0.1, -0.05) is 81.1 Å². The van der Waals surface area contributed by atoms with Crippen LogP contribution in [0.5, 0.6) is 0 Å². The third-order valence-corrected chi connectivity index (χ3v) is 29.9. The molecule has 1 aliphatic rings. The lowest BCUT2D eigenvalue weighted by Gasteiger charge is -2.56. The Labute approximate surface area is 276 Å². The lowest BCUT2D eigenvalue weighted by Crippen LogP contribution is -2.78. The smallest absolute Gasteiger partial charge is 0.350 e. The predicted octanol–water partition coefficient (Wildman–Crippen LogP) is 8.89. The van der Waals surface area contributed by atoms with E-state index in [2.05, 4.69) is 83.1 Å². The molecule has 8 nitrogen and oxygen atoms in total. The molecule has 0 aromatic heterocycles. The average molecular weight is 697 g/mol. The SMILES string of the molecule is CCCCOC(C)[Si]1(CC)O[Si](CC)(C(C)OCCCC)O[Si](CC)(C(C)OCCCC)O[Si](CC)(C(C)OCCCC)O1. The van der Waals surface area contributed by atoms with E-state index in [0.717, 1.165) is 75.5 Å². The summed E-state index contributed by atoms with van der Waals surface area (Å²) in [4.78, 5) is 0. The molecule has 0 saturated carbocycles. The molecule has 1 rings (SSSR count). The van der Waals surface area contributed by atoms with E-state index in [1.165, 1.54) is 0 Å². The Bertz CT molecular complexity index is 621. The molecule has 0 aliphatic carbocycles. The fourth-order valence-corrected chi connectivity index (χ4v) is 31.0. The van der Waals surface area contributed by atoms with Crippen LogP contribution in [0.15, 0.2) is 0 Å². The van der Waals surface area contributed by atoms with Gasteiger partial charge in [0.25, 0.3) is 0 Å². The van der Waals surface area contributed by atoms with Crippen molar-refractivity contribution < 1.29 is 35.4 Å². The molecule has 0 radical (unpaired) electrons. The van der Waals surface area contributed by atoms with Crippen LogP contribution >= 0.6 is 0 Å². The van der Waals surface area contributed by atoms with Crippen molar-refractivity contribution >= 4 is 34.2 Å². The molecule has 264 valence electrons. The highest BCUT2D eigenvalue weighted by Gasteiger charge is 2.67. The Morgan fingerprint density at radius 3 is 0.682 bits per heavy atom. The highest BCUT2D eigenvalue weighted by atomic mass is 28.5. The van der Waals surface area contributed by atoms with Gasteiger partial charge in [-0.05, 0) is 77.6 Å². The molecule has 1 saturated heterocycles. The minimum atomic E-state index is -3.09. The van der Waals surface area contributed by atoms with E-state index in [-0.39, 0.29) is 22.9 Å². The lowest BCUT2D eigenvalue weighted by molar-refractivity contribution is 0.0266. The van der Waals surface area contributed by atoms with Crippen LogP contribution in [0.2, 0.25) is 24.2 Å². The summed E-state index contributed by atoms with van der Waals surface area (Å²) in [6.45, 7) is 28.9. The van der Waals surface area contributed by atoms with Crippen molar-refractivity contribution in [2.75, 3.05) is 26.4 Å². The second-order valence-electron chi connectivity index (χ2n) is 12.5. The van der Waals surface area contributed by atoms with Gasteiger partial charge in [0, 0.05) is 26.4 Å². The van der Waals surface area contributed by atoms with Crippen LogP contribution in [0, 0.1) is 0 Å². The Balaban J connectivity index is 3.92. The normalized spacial score (nSPS) is 30.8. The first-order valence-corrected chi connectivity index (χ1v) is 26.7. The fraction of sp³-hybridized carbons (Fsp3) is 1.00. The summed E-state index contributed by atoms with van der Waals surface area (Å²) in [6.07, 6.45) is 8.32. The Hall–Kier alpha value is 0.548. The largest absolute Gasteiger partial charge is 0.412 e. The molecule has 0 N–H and O–H groups in total. The molecule has 1 heterocycles. The van der Waals surface area contributed by atoms with Crippen LogP contribution < -0.4 is 0 Å². The van der Waals surface area contributed by atoms with Crippen molar-refractivity contribution in [1.82, 2.24) is 0 Å². The molecule has 0 bridgehead atoms. The van der Waals surface area contributed by atoms with Gasteiger partial charge in [0.15, 0.2) is 0 Å². The number of hydrogen-bond acceptors (Lipinski definition) is 8. The lowest BCUT2D eigenvalue weighted by atomic mass is 10.4. The number of rotatable bonds is 24. The van der Waals surface area contributed by atoms with Crippen LogP contribution in [0.4, 0.5) is 0 Å². The van der Waals surface area contributed by atoms with Crippen molar-refractivity contribution in [3.05, 3.63) is 0 Å². The summed E-state index contributed by atoms with van der Waals surface area (Å²) < 4.78 is 57.1. The minimum absolute atomic E-state index is 0.192. The summed E-state index contributed by atoms with van der Waals surface area (Å²) in [6, 6.07) is 2.96. The molecule has 1 fully saturated rings. The van der Waals surface area contributed by atoms with Gasteiger partial charge in [0.1, 0.15) is 0 Å². The number of unbranched alkanes of at least 4 members (excludes halogenated alkanes) is 4. The second-order valence-corrected chi connectivity index (χ2v) is 28.4. The number of ether oxygens (including phenoxy) is 4. The summed E-state index contributed by atoms with van der Waals surface area (Å²) in [5.41, 5.74) is -0.767. The molecular weight excluding hydrogens is 625 g/mol. The summed E-state index contributed by atoms with van der Waals surface area (Å²) in [5, 5.41) is 0. The van der Waals surface area contributed by atoms with Crippen LogP contribution in [0.3, 0.4) is 0 Å². The monoisotopic (exact) mass is 696 g/mol. The fourth-order valence-electron chi connectivity index (χ4n) is 5.77. The molecule has 4 unspecified atom stereocenters. The Morgan fingerprint density at radius 1 is 0.364 bits per heavy atom. The van der Waals surface area contributed by atoms with Crippen LogP contribution in [0.1, 0.15) is 134 Å². The summed E-state index contributed by atoms with van der Waals surface area (Å²) >= 11 is 0. The molecule has 0 aromatic carbocycles. The first kappa shape index (κ1) is 42.6. The van der Waals surface area contributed by atoms with E-state index >= 15 is 0 Å². The first-order valence-electron chi connectivity index (χ1n) is 18.3. The topological polar surface area (TPSA) is 73.8 Å². The van der Waals surface area contributed by atoms with Gasteiger partial charge >= 0.3 is 34.2 Å².